The van der Waals surface area contributed by atoms with E-state index in [4.69, 9.17) is 5.26 Å². The first-order chi connectivity index (χ1) is 6.94. The fourth-order valence-electron chi connectivity index (χ4n) is 1.21. The summed E-state index contributed by atoms with van der Waals surface area (Å²) in [7, 11) is 0. The summed E-state index contributed by atoms with van der Waals surface area (Å²) in [6.07, 6.45) is 0.543. The molecule has 15 heavy (non-hydrogen) atoms. The number of aryl methyl sites for hydroxylation is 1. The first kappa shape index (κ1) is 11.3. The van der Waals surface area contributed by atoms with Gasteiger partial charge in [0.1, 0.15) is 17.1 Å². The predicted octanol–water partition coefficient (Wildman–Crippen LogP) is 1.30. The molecule has 1 rings (SSSR count). The molecule has 1 aromatic carbocycles. The lowest BCUT2D eigenvalue weighted by atomic mass is 9.98. The molecule has 0 saturated carbocycles. The second-order valence-corrected chi connectivity index (χ2v) is 3.70. The van der Waals surface area contributed by atoms with Gasteiger partial charge in [0.05, 0.1) is 6.07 Å². The van der Waals surface area contributed by atoms with Crippen LogP contribution in [0.3, 0.4) is 0 Å². The molecule has 4 nitrogen and oxygen atoms in total. The zero-order valence-electron chi connectivity index (χ0n) is 8.44. The highest BCUT2D eigenvalue weighted by molar-refractivity contribution is 5.38. The summed E-state index contributed by atoms with van der Waals surface area (Å²) in [5.41, 5.74) is -0.886. The van der Waals surface area contributed by atoms with E-state index in [-0.39, 0.29) is 17.9 Å². The van der Waals surface area contributed by atoms with Crippen LogP contribution in [0.4, 0.5) is 0 Å². The summed E-state index contributed by atoms with van der Waals surface area (Å²) in [6.45, 7) is 1.41. The molecule has 0 aliphatic heterocycles. The quantitative estimate of drug-likeness (QED) is 0.515. The average Bonchev–Trinajstić information content (AvgIpc) is 2.20. The van der Waals surface area contributed by atoms with E-state index in [2.05, 4.69) is 0 Å². The van der Waals surface area contributed by atoms with Crippen molar-refractivity contribution in [1.82, 2.24) is 0 Å². The molecule has 1 aromatic rings. The number of aliphatic hydroxyl groups is 1. The fourth-order valence-corrected chi connectivity index (χ4v) is 1.21. The van der Waals surface area contributed by atoms with Crippen LogP contribution in [-0.2, 0) is 6.42 Å². The molecule has 0 radical (unpaired) electrons. The van der Waals surface area contributed by atoms with E-state index in [1.807, 2.05) is 0 Å². The number of nitriles is 1. The van der Waals surface area contributed by atoms with Gasteiger partial charge in [-0.05, 0) is 43.5 Å². The number of nitrogens with zero attached hydrogens (tertiary/aromatic N) is 1. The van der Waals surface area contributed by atoms with Gasteiger partial charge >= 0.3 is 0 Å². The molecule has 0 aliphatic rings. The van der Waals surface area contributed by atoms with E-state index in [0.717, 1.165) is 0 Å². The van der Waals surface area contributed by atoms with Crippen molar-refractivity contribution < 1.29 is 15.3 Å². The Hall–Kier alpha value is -1.73. The third-order valence-electron chi connectivity index (χ3n) is 2.19. The van der Waals surface area contributed by atoms with Gasteiger partial charge in [-0.25, -0.2) is 0 Å². The first-order valence-corrected chi connectivity index (χ1v) is 4.59. The molecule has 0 amide bonds. The van der Waals surface area contributed by atoms with Crippen LogP contribution >= 0.6 is 0 Å². The molecule has 1 atom stereocenters. The van der Waals surface area contributed by atoms with E-state index >= 15 is 0 Å². The van der Waals surface area contributed by atoms with Gasteiger partial charge in [-0.1, -0.05) is 0 Å². The van der Waals surface area contributed by atoms with E-state index in [9.17, 15) is 15.3 Å². The lowest BCUT2D eigenvalue weighted by Gasteiger charge is -2.14. The number of hydrogen-bond donors (Lipinski definition) is 3. The molecule has 80 valence electrons. The minimum atomic E-state index is -1.40. The van der Waals surface area contributed by atoms with Crippen molar-refractivity contribution in [1.29, 1.82) is 5.26 Å². The Kier molecular flexibility index (Phi) is 3.17. The van der Waals surface area contributed by atoms with Gasteiger partial charge < -0.3 is 15.3 Å². The zero-order chi connectivity index (χ0) is 11.5. The number of aromatic hydroxyl groups is 2. The summed E-state index contributed by atoms with van der Waals surface area (Å²) < 4.78 is 0. The summed E-state index contributed by atoms with van der Waals surface area (Å²) in [5, 5.41) is 36.6. The molecule has 0 aromatic heterocycles. The Bertz CT molecular complexity index is 393. The maximum absolute atomic E-state index is 9.44. The highest BCUT2D eigenvalue weighted by Gasteiger charge is 2.19. The van der Waals surface area contributed by atoms with E-state index in [1.54, 1.807) is 6.07 Å². The number of phenols is 2. The van der Waals surface area contributed by atoms with Gasteiger partial charge in [-0.15, -0.1) is 0 Å². The topological polar surface area (TPSA) is 84.5 Å². The molecule has 4 heteroatoms. The van der Waals surface area contributed by atoms with Gasteiger partial charge in [0.2, 0.25) is 0 Å². The van der Waals surface area contributed by atoms with E-state index in [0.29, 0.717) is 12.0 Å². The van der Waals surface area contributed by atoms with Crippen LogP contribution in [0.2, 0.25) is 0 Å². The number of phenolic OH excluding ortho intramolecular Hbond substituents is 2. The fraction of sp³-hybridized carbons (Fsp3) is 0.364. The molecule has 0 heterocycles. The van der Waals surface area contributed by atoms with Crippen molar-refractivity contribution in [2.75, 3.05) is 0 Å². The molecule has 3 N–H and O–H groups in total. The summed E-state index contributed by atoms with van der Waals surface area (Å²) in [6, 6.07) is 5.93. The SMILES string of the molecule is CC(O)(C#N)CCc1cc(O)ccc1O. The maximum atomic E-state index is 9.44. The lowest BCUT2D eigenvalue weighted by Crippen LogP contribution is -2.21. The molecular formula is C11H13NO3. The Morgan fingerprint density at radius 1 is 1.40 bits per heavy atom. The third kappa shape index (κ3) is 3.15. The monoisotopic (exact) mass is 207 g/mol. The van der Waals surface area contributed by atoms with Gasteiger partial charge in [0.25, 0.3) is 0 Å². The molecule has 1 unspecified atom stereocenters. The summed E-state index contributed by atoms with van der Waals surface area (Å²) >= 11 is 0. The van der Waals surface area contributed by atoms with Crippen molar-refractivity contribution in [3.8, 4) is 17.6 Å². The van der Waals surface area contributed by atoms with Crippen LogP contribution in [-0.4, -0.2) is 20.9 Å². The van der Waals surface area contributed by atoms with Crippen LogP contribution in [0.25, 0.3) is 0 Å². The summed E-state index contributed by atoms with van der Waals surface area (Å²) in [5.74, 6) is 0.112. The molecule has 0 spiro atoms. The molecule has 0 fully saturated rings. The van der Waals surface area contributed by atoms with Crippen LogP contribution in [0, 0.1) is 11.3 Å². The van der Waals surface area contributed by atoms with Crippen molar-refractivity contribution >= 4 is 0 Å². The Balaban J connectivity index is 2.74. The minimum absolute atomic E-state index is 0.0550. The first-order valence-electron chi connectivity index (χ1n) is 4.59. The molecule has 0 saturated heterocycles. The van der Waals surface area contributed by atoms with Gasteiger partial charge in [-0.3, -0.25) is 0 Å². The van der Waals surface area contributed by atoms with Gasteiger partial charge in [-0.2, -0.15) is 5.26 Å². The molecule has 0 bridgehead atoms. The smallest absolute Gasteiger partial charge is 0.148 e. The number of rotatable bonds is 3. The average molecular weight is 207 g/mol. The minimum Gasteiger partial charge on any atom is -0.508 e. The van der Waals surface area contributed by atoms with Gasteiger partial charge in [0, 0.05) is 0 Å². The van der Waals surface area contributed by atoms with Gasteiger partial charge in [0.15, 0.2) is 0 Å². The van der Waals surface area contributed by atoms with Crippen molar-refractivity contribution in [2.24, 2.45) is 0 Å². The highest BCUT2D eigenvalue weighted by Crippen LogP contribution is 2.25. The Morgan fingerprint density at radius 2 is 2.07 bits per heavy atom. The highest BCUT2D eigenvalue weighted by atomic mass is 16.3. The van der Waals surface area contributed by atoms with Crippen molar-refractivity contribution in [2.45, 2.75) is 25.4 Å². The predicted molar refractivity (Wildman–Crippen MR) is 54.3 cm³/mol. The number of hydrogen-bond acceptors (Lipinski definition) is 4. The Morgan fingerprint density at radius 3 is 2.67 bits per heavy atom. The van der Waals surface area contributed by atoms with E-state index in [1.165, 1.54) is 25.1 Å². The van der Waals surface area contributed by atoms with Crippen molar-refractivity contribution in [3.63, 3.8) is 0 Å². The van der Waals surface area contributed by atoms with Crippen LogP contribution in [0.5, 0.6) is 11.5 Å². The van der Waals surface area contributed by atoms with E-state index < -0.39 is 5.60 Å². The third-order valence-corrected chi connectivity index (χ3v) is 2.19. The van der Waals surface area contributed by atoms with Crippen molar-refractivity contribution in [3.05, 3.63) is 23.8 Å². The van der Waals surface area contributed by atoms with Crippen LogP contribution < -0.4 is 0 Å². The second-order valence-electron chi connectivity index (χ2n) is 3.70. The lowest BCUT2D eigenvalue weighted by molar-refractivity contribution is 0.110. The van der Waals surface area contributed by atoms with Crippen LogP contribution in [0.15, 0.2) is 18.2 Å². The largest absolute Gasteiger partial charge is 0.508 e. The Labute approximate surface area is 88.0 Å². The molecular weight excluding hydrogens is 194 g/mol. The zero-order valence-corrected chi connectivity index (χ0v) is 8.44. The molecule has 0 aliphatic carbocycles. The summed E-state index contributed by atoms with van der Waals surface area (Å²) in [4.78, 5) is 0. The number of benzene rings is 1. The maximum Gasteiger partial charge on any atom is 0.148 e. The second kappa shape index (κ2) is 4.20. The standard InChI is InChI=1S/C11H13NO3/c1-11(15,7-12)5-4-8-6-9(13)2-3-10(8)14/h2-3,6,13-15H,4-5H2,1H3. The normalized spacial score (nSPS) is 14.2. The van der Waals surface area contributed by atoms with Crippen LogP contribution in [0.1, 0.15) is 18.9 Å².